The van der Waals surface area contributed by atoms with E-state index in [1.807, 2.05) is 11.3 Å². The normalized spacial score (nSPS) is 13.1. The number of benzene rings is 8. The summed E-state index contributed by atoms with van der Waals surface area (Å²) in [4.78, 5) is 2.40. The van der Waals surface area contributed by atoms with Gasteiger partial charge in [0, 0.05) is 42.6 Å². The first-order valence-corrected chi connectivity index (χ1v) is 18.5. The Morgan fingerprint density at radius 1 is 0.392 bits per heavy atom. The topological polar surface area (TPSA) is 3.24 Å². The van der Waals surface area contributed by atoms with Crippen molar-refractivity contribution in [2.45, 2.75) is 19.3 Å². The summed E-state index contributed by atoms with van der Waals surface area (Å²) in [6.45, 7) is 4.70. The van der Waals surface area contributed by atoms with Crippen LogP contribution in [-0.2, 0) is 5.41 Å². The zero-order valence-corrected chi connectivity index (χ0v) is 29.4. The van der Waals surface area contributed by atoms with E-state index in [1.54, 1.807) is 0 Å². The lowest BCUT2D eigenvalue weighted by atomic mass is 9.82. The van der Waals surface area contributed by atoms with Crippen molar-refractivity contribution in [2.75, 3.05) is 4.90 Å². The zero-order chi connectivity index (χ0) is 34.1. The second-order valence-corrected chi connectivity index (χ2v) is 15.3. The maximum atomic E-state index is 2.41. The lowest BCUT2D eigenvalue weighted by molar-refractivity contribution is 0.660. The van der Waals surface area contributed by atoms with Crippen LogP contribution in [-0.4, -0.2) is 0 Å². The van der Waals surface area contributed by atoms with Crippen molar-refractivity contribution >= 4 is 59.3 Å². The van der Waals surface area contributed by atoms with Crippen LogP contribution in [0.5, 0.6) is 0 Å². The lowest BCUT2D eigenvalue weighted by Gasteiger charge is -2.28. The first-order valence-electron chi connectivity index (χ1n) is 17.7. The van der Waals surface area contributed by atoms with E-state index in [2.05, 4.69) is 195 Å². The number of hydrogen-bond donors (Lipinski definition) is 0. The molecule has 0 spiro atoms. The number of hydrogen-bond acceptors (Lipinski definition) is 2. The molecular weight excluding hydrogens is 635 g/mol. The van der Waals surface area contributed by atoms with Crippen LogP contribution >= 0.6 is 11.3 Å². The Bertz CT molecular complexity index is 2750. The predicted octanol–water partition coefficient (Wildman–Crippen LogP) is 14.3. The van der Waals surface area contributed by atoms with E-state index in [-0.39, 0.29) is 5.41 Å². The molecule has 0 bridgehead atoms. The Balaban J connectivity index is 1.06. The summed E-state index contributed by atoms with van der Waals surface area (Å²) in [7, 11) is 0. The highest BCUT2D eigenvalue weighted by atomic mass is 32.1. The lowest BCUT2D eigenvalue weighted by Crippen LogP contribution is -2.16. The highest BCUT2D eigenvalue weighted by Crippen LogP contribution is 2.50. The van der Waals surface area contributed by atoms with Crippen molar-refractivity contribution in [2.24, 2.45) is 0 Å². The van der Waals surface area contributed by atoms with Gasteiger partial charge >= 0.3 is 0 Å². The number of anilines is 3. The molecule has 1 aliphatic rings. The van der Waals surface area contributed by atoms with E-state index >= 15 is 0 Å². The summed E-state index contributed by atoms with van der Waals surface area (Å²) in [5.74, 6) is 0. The Kier molecular flexibility index (Phi) is 6.78. The van der Waals surface area contributed by atoms with E-state index < -0.39 is 0 Å². The maximum Gasteiger partial charge on any atom is 0.0465 e. The number of nitrogens with zero attached hydrogens (tertiary/aromatic N) is 1. The minimum Gasteiger partial charge on any atom is -0.310 e. The molecule has 1 nitrogen and oxygen atoms in total. The first-order chi connectivity index (χ1) is 25.0. The molecule has 8 aromatic carbocycles. The number of fused-ring (bicyclic) bond motifs is 7. The molecule has 0 unspecified atom stereocenters. The SMILES string of the molecule is CC1(C)c2ccccc2-c2ccc(N(c3ccc(-c4ccccc4)cc3)c3ccc(-c4ccc5cc6sc7ccccc7c6cc5c4)cc3)cc21. The zero-order valence-electron chi connectivity index (χ0n) is 28.6. The van der Waals surface area contributed by atoms with Gasteiger partial charge in [0.1, 0.15) is 0 Å². The van der Waals surface area contributed by atoms with Crippen LogP contribution in [0, 0.1) is 0 Å². The summed E-state index contributed by atoms with van der Waals surface area (Å²) in [5, 5.41) is 5.23. The molecule has 1 aliphatic carbocycles. The standard InChI is InChI=1S/C49H35NS/c1-49(2)45-14-8-6-12-41(45)42-27-26-40(31-46(42)49)50(38-22-18-33(19-23-38)32-10-4-3-5-11-32)39-24-20-34(21-25-39)35-16-17-36-30-48-44(29-37(36)28-35)43-13-7-9-15-47(43)51-48/h3-31H,1-2H3. The molecule has 10 rings (SSSR count). The van der Waals surface area contributed by atoms with Crippen molar-refractivity contribution in [3.8, 4) is 33.4 Å². The Labute approximate surface area is 302 Å². The molecule has 0 aliphatic heterocycles. The van der Waals surface area contributed by atoms with Gasteiger partial charge in [0.25, 0.3) is 0 Å². The minimum atomic E-state index is -0.0778. The van der Waals surface area contributed by atoms with Gasteiger partial charge in [0.2, 0.25) is 0 Å². The molecule has 0 N–H and O–H groups in total. The van der Waals surface area contributed by atoms with Crippen LogP contribution in [0.1, 0.15) is 25.0 Å². The van der Waals surface area contributed by atoms with Gasteiger partial charge in [-0.1, -0.05) is 129 Å². The van der Waals surface area contributed by atoms with Crippen LogP contribution in [0.25, 0.3) is 64.3 Å². The molecule has 0 saturated carbocycles. The molecule has 0 radical (unpaired) electrons. The third kappa shape index (κ3) is 4.90. The Morgan fingerprint density at radius 2 is 1.00 bits per heavy atom. The fraction of sp³-hybridized carbons (Fsp3) is 0.0612. The second kappa shape index (κ2) is 11.6. The summed E-state index contributed by atoms with van der Waals surface area (Å²) in [5.41, 5.74) is 13.7. The molecule has 2 heteroatoms. The Morgan fingerprint density at radius 3 is 1.78 bits per heavy atom. The molecule has 242 valence electrons. The van der Waals surface area contributed by atoms with Crippen molar-refractivity contribution < 1.29 is 0 Å². The molecule has 0 saturated heterocycles. The molecule has 1 heterocycles. The van der Waals surface area contributed by atoms with Gasteiger partial charge in [-0.2, -0.15) is 0 Å². The van der Waals surface area contributed by atoms with Gasteiger partial charge in [-0.25, -0.2) is 0 Å². The van der Waals surface area contributed by atoms with E-state index in [0.717, 1.165) is 17.1 Å². The fourth-order valence-electron chi connectivity index (χ4n) is 8.16. The average molecular weight is 670 g/mol. The number of rotatable bonds is 5. The smallest absolute Gasteiger partial charge is 0.0465 e. The summed E-state index contributed by atoms with van der Waals surface area (Å²) < 4.78 is 2.69. The highest BCUT2D eigenvalue weighted by Gasteiger charge is 2.35. The predicted molar refractivity (Wildman–Crippen MR) is 220 cm³/mol. The largest absolute Gasteiger partial charge is 0.310 e. The van der Waals surface area contributed by atoms with Crippen molar-refractivity contribution in [3.05, 3.63) is 187 Å². The van der Waals surface area contributed by atoms with E-state index in [1.165, 1.54) is 75.5 Å². The Hall–Kier alpha value is -5.96. The molecule has 0 fully saturated rings. The van der Waals surface area contributed by atoms with Gasteiger partial charge in [0.15, 0.2) is 0 Å². The minimum absolute atomic E-state index is 0.0778. The van der Waals surface area contributed by atoms with Crippen molar-refractivity contribution in [1.82, 2.24) is 0 Å². The highest BCUT2D eigenvalue weighted by molar-refractivity contribution is 7.25. The van der Waals surface area contributed by atoms with Crippen LogP contribution in [0.15, 0.2) is 176 Å². The van der Waals surface area contributed by atoms with Gasteiger partial charge in [-0.05, 0) is 116 Å². The molecule has 0 amide bonds. The molecule has 51 heavy (non-hydrogen) atoms. The van der Waals surface area contributed by atoms with Gasteiger partial charge in [-0.15, -0.1) is 11.3 Å². The van der Waals surface area contributed by atoms with Crippen molar-refractivity contribution in [1.29, 1.82) is 0 Å². The van der Waals surface area contributed by atoms with Crippen LogP contribution in [0.3, 0.4) is 0 Å². The molecular formula is C49H35NS. The van der Waals surface area contributed by atoms with Gasteiger partial charge in [0.05, 0.1) is 0 Å². The summed E-state index contributed by atoms with van der Waals surface area (Å²) >= 11 is 1.88. The van der Waals surface area contributed by atoms with Gasteiger partial charge in [-0.3, -0.25) is 0 Å². The maximum absolute atomic E-state index is 2.41. The molecule has 0 atom stereocenters. The second-order valence-electron chi connectivity index (χ2n) is 14.2. The van der Waals surface area contributed by atoms with Crippen molar-refractivity contribution in [3.63, 3.8) is 0 Å². The first kappa shape index (κ1) is 29.9. The molecule has 9 aromatic rings. The average Bonchev–Trinajstić information content (AvgIpc) is 3.65. The fourth-order valence-corrected chi connectivity index (χ4v) is 9.30. The summed E-state index contributed by atoms with van der Waals surface area (Å²) in [6.07, 6.45) is 0. The van der Waals surface area contributed by atoms with Crippen LogP contribution in [0.4, 0.5) is 17.1 Å². The van der Waals surface area contributed by atoms with Crippen LogP contribution < -0.4 is 4.90 Å². The monoisotopic (exact) mass is 669 g/mol. The third-order valence-corrected chi connectivity index (χ3v) is 12.0. The summed E-state index contributed by atoms with van der Waals surface area (Å²) in [6, 6.07) is 64.9. The van der Waals surface area contributed by atoms with E-state index in [9.17, 15) is 0 Å². The molecule has 1 aromatic heterocycles. The third-order valence-electron chi connectivity index (χ3n) is 10.9. The van der Waals surface area contributed by atoms with Crippen LogP contribution in [0.2, 0.25) is 0 Å². The van der Waals surface area contributed by atoms with E-state index in [0.29, 0.717) is 0 Å². The van der Waals surface area contributed by atoms with Gasteiger partial charge < -0.3 is 4.90 Å². The van der Waals surface area contributed by atoms with E-state index in [4.69, 9.17) is 0 Å². The number of thiophene rings is 1. The quantitative estimate of drug-likeness (QED) is 0.176.